The van der Waals surface area contributed by atoms with Gasteiger partial charge >= 0.3 is 19.9 Å². The van der Waals surface area contributed by atoms with E-state index in [0.29, 0.717) is 6.07 Å². The monoisotopic (exact) mass is 332 g/mol. The normalized spacial score (nSPS) is 18.4. The Hall–Kier alpha value is -1.81. The molecule has 2 heterocycles. The standard InChI is InChI=1S/C7H6F3N3O.C6H12BO2/c8-7(9,10)4-1-2-12-5(3-4)13-6(11)14;1-5(2)6(3,4)9-7-8-5/h1-3H,(H3,11,12,13,14);1-4H3. The summed E-state index contributed by atoms with van der Waals surface area (Å²) in [6, 6.07) is 0.536. The van der Waals surface area contributed by atoms with Crippen molar-refractivity contribution in [1.82, 2.24) is 4.98 Å². The van der Waals surface area contributed by atoms with Crippen LogP contribution in [0.2, 0.25) is 0 Å². The Labute approximate surface area is 132 Å². The zero-order chi connectivity index (χ0) is 17.9. The van der Waals surface area contributed by atoms with E-state index in [1.807, 2.05) is 33.0 Å². The van der Waals surface area contributed by atoms with Gasteiger partial charge in [0.1, 0.15) is 5.82 Å². The summed E-state index contributed by atoms with van der Waals surface area (Å²) in [5, 5.41) is 1.94. The fourth-order valence-electron chi connectivity index (χ4n) is 1.35. The molecule has 0 saturated carbocycles. The molecule has 1 fully saturated rings. The molecular formula is C13H18BF3N3O3. The molecule has 0 atom stereocenters. The van der Waals surface area contributed by atoms with Crippen LogP contribution in [0.25, 0.3) is 0 Å². The van der Waals surface area contributed by atoms with Gasteiger partial charge < -0.3 is 15.0 Å². The maximum absolute atomic E-state index is 12.1. The van der Waals surface area contributed by atoms with Crippen LogP contribution in [0.4, 0.5) is 23.8 Å². The number of nitrogens with two attached hydrogens (primary N) is 1. The lowest BCUT2D eigenvalue weighted by Crippen LogP contribution is -2.41. The molecule has 3 N–H and O–H groups in total. The molecule has 1 aromatic rings. The van der Waals surface area contributed by atoms with Crippen molar-refractivity contribution in [3.05, 3.63) is 23.9 Å². The minimum atomic E-state index is -4.46. The Kier molecular flexibility index (Phi) is 5.65. The molecule has 127 valence electrons. The SMILES string of the molecule is CC1(C)O[B]OC1(C)C.NC(=O)Nc1cc(C(F)(F)F)ccn1. The second-order valence-corrected chi connectivity index (χ2v) is 5.77. The van der Waals surface area contributed by atoms with Crippen molar-refractivity contribution in [2.75, 3.05) is 5.32 Å². The van der Waals surface area contributed by atoms with Crippen molar-refractivity contribution in [2.24, 2.45) is 5.73 Å². The number of alkyl halides is 3. The van der Waals surface area contributed by atoms with Crippen molar-refractivity contribution >= 4 is 19.5 Å². The summed E-state index contributed by atoms with van der Waals surface area (Å²) in [6.07, 6.45) is -3.52. The van der Waals surface area contributed by atoms with E-state index in [-0.39, 0.29) is 17.0 Å². The van der Waals surface area contributed by atoms with Crippen LogP contribution in [0.5, 0.6) is 0 Å². The second-order valence-electron chi connectivity index (χ2n) is 5.77. The number of hydrogen-bond acceptors (Lipinski definition) is 4. The van der Waals surface area contributed by atoms with Crippen LogP contribution < -0.4 is 11.1 Å². The van der Waals surface area contributed by atoms with Gasteiger partial charge in [0.05, 0.1) is 16.8 Å². The predicted octanol–water partition coefficient (Wildman–Crippen LogP) is 2.72. The van der Waals surface area contributed by atoms with E-state index >= 15 is 0 Å². The van der Waals surface area contributed by atoms with Crippen molar-refractivity contribution in [2.45, 2.75) is 45.1 Å². The van der Waals surface area contributed by atoms with Gasteiger partial charge in [-0.25, -0.2) is 9.78 Å². The number of nitrogens with zero attached hydrogens (tertiary/aromatic N) is 1. The fraction of sp³-hybridized carbons (Fsp3) is 0.538. The number of carbonyl (C=O) groups excluding carboxylic acids is 1. The lowest BCUT2D eigenvalue weighted by atomic mass is 9.90. The molecule has 2 amide bonds. The first-order valence-electron chi connectivity index (χ1n) is 6.62. The van der Waals surface area contributed by atoms with Crippen LogP contribution >= 0.6 is 0 Å². The van der Waals surface area contributed by atoms with Crippen molar-refractivity contribution < 1.29 is 27.3 Å². The maximum Gasteiger partial charge on any atom is 0.488 e. The van der Waals surface area contributed by atoms with Gasteiger partial charge in [-0.05, 0) is 39.8 Å². The molecule has 1 aliphatic heterocycles. The van der Waals surface area contributed by atoms with Gasteiger partial charge in [0, 0.05) is 6.20 Å². The topological polar surface area (TPSA) is 86.5 Å². The Bertz CT molecular complexity index is 551. The van der Waals surface area contributed by atoms with Crippen molar-refractivity contribution in [1.29, 1.82) is 0 Å². The number of primary amides is 1. The van der Waals surface area contributed by atoms with Crippen LogP contribution in [0.1, 0.15) is 33.3 Å². The minimum absolute atomic E-state index is 0.187. The average Bonchev–Trinajstić information content (AvgIpc) is 2.61. The third-order valence-corrected chi connectivity index (χ3v) is 3.47. The average molecular weight is 332 g/mol. The van der Waals surface area contributed by atoms with Crippen LogP contribution in [-0.2, 0) is 15.5 Å². The Morgan fingerprint density at radius 1 is 1.26 bits per heavy atom. The summed E-state index contributed by atoms with van der Waals surface area (Å²) < 4.78 is 46.8. The number of carbonyl (C=O) groups is 1. The number of anilines is 1. The molecule has 1 saturated heterocycles. The largest absolute Gasteiger partial charge is 0.488 e. The molecule has 6 nitrogen and oxygen atoms in total. The highest BCUT2D eigenvalue weighted by Crippen LogP contribution is 2.33. The maximum atomic E-state index is 12.1. The van der Waals surface area contributed by atoms with E-state index in [9.17, 15) is 18.0 Å². The molecule has 23 heavy (non-hydrogen) atoms. The van der Waals surface area contributed by atoms with Crippen LogP contribution in [0.15, 0.2) is 18.3 Å². The first-order chi connectivity index (χ1) is 10.3. The van der Waals surface area contributed by atoms with Crippen LogP contribution in [-0.4, -0.2) is 29.9 Å². The number of nitrogens with one attached hydrogen (secondary N) is 1. The molecule has 0 bridgehead atoms. The summed E-state index contributed by atoms with van der Waals surface area (Å²) in [4.78, 5) is 13.8. The highest BCUT2D eigenvalue weighted by Gasteiger charge is 2.44. The third kappa shape index (κ3) is 5.40. The Balaban J connectivity index is 0.000000253. The first kappa shape index (κ1) is 19.2. The van der Waals surface area contributed by atoms with E-state index < -0.39 is 17.8 Å². The summed E-state index contributed by atoms with van der Waals surface area (Å²) >= 11 is 0. The highest BCUT2D eigenvalue weighted by atomic mass is 19.4. The van der Waals surface area contributed by atoms with E-state index in [1.165, 1.54) is 7.69 Å². The Morgan fingerprint density at radius 2 is 1.78 bits per heavy atom. The lowest BCUT2D eigenvalue weighted by molar-refractivity contribution is -0.137. The molecule has 0 aromatic carbocycles. The summed E-state index contributed by atoms with van der Waals surface area (Å²) in [7, 11) is 1.42. The zero-order valence-electron chi connectivity index (χ0n) is 13.2. The minimum Gasteiger partial charge on any atom is -0.405 e. The number of pyridine rings is 1. The Morgan fingerprint density at radius 3 is 2.13 bits per heavy atom. The van der Waals surface area contributed by atoms with E-state index in [2.05, 4.69) is 4.98 Å². The molecule has 1 aromatic heterocycles. The van der Waals surface area contributed by atoms with Gasteiger partial charge in [0.15, 0.2) is 0 Å². The van der Waals surface area contributed by atoms with Crippen LogP contribution in [0.3, 0.4) is 0 Å². The van der Waals surface area contributed by atoms with E-state index in [1.54, 1.807) is 0 Å². The lowest BCUT2D eigenvalue weighted by Gasteiger charge is -2.32. The smallest absolute Gasteiger partial charge is 0.405 e. The number of aromatic nitrogens is 1. The molecule has 1 aliphatic rings. The number of amides is 2. The second kappa shape index (κ2) is 6.75. The molecular weight excluding hydrogens is 314 g/mol. The number of halogens is 3. The zero-order valence-corrected chi connectivity index (χ0v) is 13.2. The summed E-state index contributed by atoms with van der Waals surface area (Å²) in [5.74, 6) is -0.229. The van der Waals surface area contributed by atoms with Gasteiger partial charge in [-0.2, -0.15) is 13.2 Å². The van der Waals surface area contributed by atoms with Gasteiger partial charge in [-0.1, -0.05) is 0 Å². The number of urea groups is 1. The molecule has 0 spiro atoms. The number of hydrogen-bond donors (Lipinski definition) is 2. The van der Waals surface area contributed by atoms with Crippen molar-refractivity contribution in [3.8, 4) is 0 Å². The van der Waals surface area contributed by atoms with Gasteiger partial charge in [-0.3, -0.25) is 5.32 Å². The predicted molar refractivity (Wildman–Crippen MR) is 78.5 cm³/mol. The molecule has 2 rings (SSSR count). The fourth-order valence-corrected chi connectivity index (χ4v) is 1.35. The summed E-state index contributed by atoms with van der Waals surface area (Å²) in [5.41, 5.74) is 3.44. The quantitative estimate of drug-likeness (QED) is 0.774. The third-order valence-electron chi connectivity index (χ3n) is 3.47. The van der Waals surface area contributed by atoms with Crippen LogP contribution in [0, 0.1) is 0 Å². The van der Waals surface area contributed by atoms with Crippen molar-refractivity contribution in [3.63, 3.8) is 0 Å². The molecule has 1 radical (unpaired) electrons. The van der Waals surface area contributed by atoms with E-state index in [0.717, 1.165) is 12.3 Å². The first-order valence-corrected chi connectivity index (χ1v) is 6.62. The number of rotatable bonds is 1. The summed E-state index contributed by atoms with van der Waals surface area (Å²) in [6.45, 7) is 8.04. The van der Waals surface area contributed by atoms with Gasteiger partial charge in [0.2, 0.25) is 0 Å². The molecule has 0 unspecified atom stereocenters. The molecule has 0 aliphatic carbocycles. The van der Waals surface area contributed by atoms with Gasteiger partial charge in [-0.15, -0.1) is 0 Å². The molecule has 10 heteroatoms. The van der Waals surface area contributed by atoms with Gasteiger partial charge in [0.25, 0.3) is 0 Å². The van der Waals surface area contributed by atoms with E-state index in [4.69, 9.17) is 15.0 Å². The highest BCUT2D eigenvalue weighted by molar-refractivity contribution is 6.19.